The van der Waals surface area contributed by atoms with Gasteiger partial charge >= 0.3 is 0 Å². The number of nitrogens with one attached hydrogen (secondary N) is 1. The number of halogens is 1. The summed E-state index contributed by atoms with van der Waals surface area (Å²) in [5.74, 6) is 0.461. The molecule has 84 valence electrons. The number of benzene rings is 1. The lowest BCUT2D eigenvalue weighted by Gasteiger charge is -2.00. The molecular weight excluding hydrogens is 220 g/mol. The molecule has 2 atom stereocenters. The van der Waals surface area contributed by atoms with Crippen LogP contribution in [0.5, 0.6) is 0 Å². The van der Waals surface area contributed by atoms with E-state index in [1.54, 1.807) is 0 Å². The lowest BCUT2D eigenvalue weighted by molar-refractivity contribution is 0.600. The van der Waals surface area contributed by atoms with Gasteiger partial charge in [0.15, 0.2) is 0 Å². The highest BCUT2D eigenvalue weighted by Crippen LogP contribution is 2.58. The van der Waals surface area contributed by atoms with Crippen molar-refractivity contribution in [2.24, 2.45) is 11.1 Å². The summed E-state index contributed by atoms with van der Waals surface area (Å²) < 4.78 is 0. The highest BCUT2D eigenvalue weighted by atomic mass is 35.5. The van der Waals surface area contributed by atoms with Crippen LogP contribution in [-0.2, 0) is 0 Å². The Kier molecular flexibility index (Phi) is 1.92. The Morgan fingerprint density at radius 2 is 2.06 bits per heavy atom. The molecule has 0 spiro atoms. The van der Waals surface area contributed by atoms with E-state index >= 15 is 0 Å². The van der Waals surface area contributed by atoms with E-state index in [0.29, 0.717) is 5.92 Å². The van der Waals surface area contributed by atoms with Crippen LogP contribution in [0, 0.1) is 5.41 Å². The molecule has 1 heterocycles. The Balaban J connectivity index is 2.13. The molecule has 16 heavy (non-hydrogen) atoms. The fraction of sp³-hybridized carbons (Fsp3) is 0.385. The van der Waals surface area contributed by atoms with Gasteiger partial charge in [0, 0.05) is 34.1 Å². The van der Waals surface area contributed by atoms with E-state index in [-0.39, 0.29) is 11.5 Å². The van der Waals surface area contributed by atoms with Crippen LogP contribution in [0.15, 0.2) is 24.4 Å². The summed E-state index contributed by atoms with van der Waals surface area (Å²) in [6.45, 7) is 4.44. The minimum absolute atomic E-state index is 0.217. The minimum atomic E-state index is 0.217. The van der Waals surface area contributed by atoms with Gasteiger partial charge in [0.2, 0.25) is 0 Å². The number of aromatic amines is 1. The molecule has 1 aliphatic carbocycles. The largest absolute Gasteiger partial charge is 0.361 e. The van der Waals surface area contributed by atoms with Crippen LogP contribution in [-0.4, -0.2) is 11.0 Å². The quantitative estimate of drug-likeness (QED) is 0.781. The van der Waals surface area contributed by atoms with Crippen molar-refractivity contribution in [1.29, 1.82) is 0 Å². The van der Waals surface area contributed by atoms with Gasteiger partial charge in [-0.05, 0) is 23.1 Å². The predicted molar refractivity (Wildman–Crippen MR) is 67.8 cm³/mol. The number of H-pyrrole nitrogens is 1. The molecule has 0 amide bonds. The van der Waals surface area contributed by atoms with Crippen molar-refractivity contribution >= 4 is 22.5 Å². The van der Waals surface area contributed by atoms with Crippen molar-refractivity contribution in [3.05, 3.63) is 35.0 Å². The summed E-state index contributed by atoms with van der Waals surface area (Å²) in [6, 6.07) is 6.23. The third-order valence-corrected chi connectivity index (χ3v) is 4.16. The first-order valence-corrected chi connectivity index (χ1v) is 5.92. The highest BCUT2D eigenvalue weighted by molar-refractivity contribution is 6.31. The third kappa shape index (κ3) is 1.23. The molecule has 3 heteroatoms. The topological polar surface area (TPSA) is 41.8 Å². The van der Waals surface area contributed by atoms with E-state index in [1.165, 1.54) is 10.9 Å². The molecule has 2 nitrogen and oxygen atoms in total. The maximum atomic E-state index is 6.12. The second kappa shape index (κ2) is 3.02. The lowest BCUT2D eigenvalue weighted by Crippen LogP contribution is -2.06. The van der Waals surface area contributed by atoms with Gasteiger partial charge in [-0.25, -0.2) is 0 Å². The smallest absolute Gasteiger partial charge is 0.0471 e. The van der Waals surface area contributed by atoms with Gasteiger partial charge in [0.1, 0.15) is 0 Å². The summed E-state index contributed by atoms with van der Waals surface area (Å²) in [5, 5.41) is 2.01. The second-order valence-electron chi connectivity index (χ2n) is 5.26. The Morgan fingerprint density at radius 3 is 2.69 bits per heavy atom. The van der Waals surface area contributed by atoms with Gasteiger partial charge in [-0.15, -0.1) is 0 Å². The maximum Gasteiger partial charge on any atom is 0.0471 e. The second-order valence-corrected chi connectivity index (χ2v) is 5.70. The Bertz CT molecular complexity index is 556. The van der Waals surface area contributed by atoms with Crippen molar-refractivity contribution in [2.75, 3.05) is 0 Å². The SMILES string of the molecule is CC1(C)[C@@H](N)[C@@H]1c1c[nH]c2cc(Cl)ccc12. The zero-order valence-electron chi connectivity index (χ0n) is 9.42. The van der Waals surface area contributed by atoms with Gasteiger partial charge in [-0.3, -0.25) is 0 Å². The van der Waals surface area contributed by atoms with Crippen molar-refractivity contribution in [3.63, 3.8) is 0 Å². The number of aromatic nitrogens is 1. The average molecular weight is 235 g/mol. The van der Waals surface area contributed by atoms with E-state index in [1.807, 2.05) is 12.1 Å². The normalized spacial score (nSPS) is 27.2. The Hall–Kier alpha value is -0.990. The minimum Gasteiger partial charge on any atom is -0.361 e. The van der Waals surface area contributed by atoms with Gasteiger partial charge in [0.25, 0.3) is 0 Å². The molecule has 3 N–H and O–H groups in total. The Labute approximate surface area is 99.8 Å². The van der Waals surface area contributed by atoms with Crippen LogP contribution < -0.4 is 5.73 Å². The Morgan fingerprint density at radius 1 is 1.38 bits per heavy atom. The van der Waals surface area contributed by atoms with Crippen LogP contribution in [0.3, 0.4) is 0 Å². The van der Waals surface area contributed by atoms with Gasteiger partial charge in [-0.2, -0.15) is 0 Å². The number of fused-ring (bicyclic) bond motifs is 1. The van der Waals surface area contributed by atoms with E-state index in [9.17, 15) is 0 Å². The van der Waals surface area contributed by atoms with Crippen molar-refractivity contribution in [2.45, 2.75) is 25.8 Å². The molecule has 1 aromatic carbocycles. The fourth-order valence-corrected chi connectivity index (χ4v) is 2.82. The molecule has 0 radical (unpaired) electrons. The highest BCUT2D eigenvalue weighted by Gasteiger charge is 2.56. The number of hydrogen-bond donors (Lipinski definition) is 2. The van der Waals surface area contributed by atoms with E-state index in [2.05, 4.69) is 31.1 Å². The van der Waals surface area contributed by atoms with Crippen molar-refractivity contribution < 1.29 is 0 Å². The van der Waals surface area contributed by atoms with Crippen LogP contribution in [0.2, 0.25) is 5.02 Å². The van der Waals surface area contributed by atoms with Crippen LogP contribution >= 0.6 is 11.6 Å². The van der Waals surface area contributed by atoms with Crippen LogP contribution in [0.1, 0.15) is 25.3 Å². The monoisotopic (exact) mass is 234 g/mol. The van der Waals surface area contributed by atoms with Gasteiger partial charge < -0.3 is 10.7 Å². The molecule has 0 bridgehead atoms. The van der Waals surface area contributed by atoms with Crippen LogP contribution in [0.4, 0.5) is 0 Å². The number of hydrogen-bond acceptors (Lipinski definition) is 1. The zero-order valence-corrected chi connectivity index (χ0v) is 10.2. The van der Waals surface area contributed by atoms with E-state index in [4.69, 9.17) is 17.3 Å². The van der Waals surface area contributed by atoms with Crippen molar-refractivity contribution in [1.82, 2.24) is 4.98 Å². The standard InChI is InChI=1S/C13H15ClN2/c1-13(2)11(12(13)15)9-6-16-10-5-7(14)3-4-8(9)10/h3-6,11-12,16H,15H2,1-2H3/t11-,12-/m0/s1. The molecule has 1 fully saturated rings. The molecule has 0 unspecified atom stereocenters. The summed E-state index contributed by atoms with van der Waals surface area (Å²) in [4.78, 5) is 3.27. The summed E-state index contributed by atoms with van der Waals surface area (Å²) in [7, 11) is 0. The first-order valence-electron chi connectivity index (χ1n) is 5.54. The molecular formula is C13H15ClN2. The maximum absolute atomic E-state index is 6.12. The van der Waals surface area contributed by atoms with E-state index in [0.717, 1.165) is 10.5 Å². The average Bonchev–Trinajstić information content (AvgIpc) is 2.61. The molecule has 3 rings (SSSR count). The van der Waals surface area contributed by atoms with Crippen LogP contribution in [0.25, 0.3) is 10.9 Å². The first-order chi connectivity index (χ1) is 7.51. The molecule has 1 aliphatic rings. The summed E-state index contributed by atoms with van der Waals surface area (Å²) in [6.07, 6.45) is 2.07. The van der Waals surface area contributed by atoms with Crippen molar-refractivity contribution in [3.8, 4) is 0 Å². The first kappa shape index (κ1) is 10.2. The zero-order chi connectivity index (χ0) is 11.5. The fourth-order valence-electron chi connectivity index (χ4n) is 2.65. The summed E-state index contributed by atoms with van der Waals surface area (Å²) >= 11 is 5.96. The number of nitrogens with two attached hydrogens (primary N) is 1. The summed E-state index contributed by atoms with van der Waals surface area (Å²) in [5.41, 5.74) is 8.75. The molecule has 0 saturated heterocycles. The third-order valence-electron chi connectivity index (χ3n) is 3.92. The van der Waals surface area contributed by atoms with Gasteiger partial charge in [-0.1, -0.05) is 31.5 Å². The number of rotatable bonds is 1. The molecule has 2 aromatic rings. The molecule has 1 aromatic heterocycles. The van der Waals surface area contributed by atoms with E-state index < -0.39 is 0 Å². The predicted octanol–water partition coefficient (Wildman–Crippen LogP) is 3.27. The van der Waals surface area contributed by atoms with Gasteiger partial charge in [0.05, 0.1) is 0 Å². The molecule has 1 saturated carbocycles. The lowest BCUT2D eigenvalue weighted by atomic mass is 10.0. The molecule has 0 aliphatic heterocycles.